The molecule has 0 radical (unpaired) electrons. The molecule has 9 nitrogen and oxygen atoms in total. The maximum absolute atomic E-state index is 12.9. The van der Waals surface area contributed by atoms with Gasteiger partial charge < -0.3 is 20.2 Å². The summed E-state index contributed by atoms with van der Waals surface area (Å²) in [4.78, 5) is 25.6. The number of rotatable bonds is 7. The van der Waals surface area contributed by atoms with Crippen LogP contribution in [0.15, 0.2) is 52.7 Å². The van der Waals surface area contributed by atoms with Crippen LogP contribution in [-0.4, -0.2) is 73.4 Å². The highest BCUT2D eigenvalue weighted by atomic mass is 16.7. The first-order chi connectivity index (χ1) is 16.8. The first-order valence-electron chi connectivity index (χ1n) is 11.9. The monoisotopic (exact) mass is 478 g/mol. The van der Waals surface area contributed by atoms with Crippen molar-refractivity contribution in [2.24, 2.45) is 21.4 Å². The van der Waals surface area contributed by atoms with Gasteiger partial charge in [0.2, 0.25) is 5.91 Å². The third kappa shape index (κ3) is 6.50. The number of aromatic nitrogens is 1. The van der Waals surface area contributed by atoms with Crippen LogP contribution in [0, 0.1) is 12.3 Å². The fraction of sp³-hybridized carbons (Fsp3) is 0.462. The lowest BCUT2D eigenvalue weighted by molar-refractivity contribution is -0.215. The molecular formula is C26H34N6O3. The van der Waals surface area contributed by atoms with E-state index in [0.29, 0.717) is 45.1 Å². The Labute approximate surface area is 206 Å². The molecule has 3 heterocycles. The number of hydrogen-bond donors (Lipinski definition) is 1. The molecule has 9 heteroatoms. The number of carbonyl (C=O) groups is 1. The number of nitrogens with zero attached hydrogens (tertiary/aromatic N) is 5. The first kappa shape index (κ1) is 25.0. The van der Waals surface area contributed by atoms with E-state index in [0.717, 1.165) is 29.1 Å². The number of ether oxygens (including phenoxy) is 2. The van der Waals surface area contributed by atoms with E-state index in [9.17, 15) is 4.79 Å². The van der Waals surface area contributed by atoms with Crippen LogP contribution >= 0.6 is 0 Å². The van der Waals surface area contributed by atoms with Gasteiger partial charge in [0.1, 0.15) is 5.71 Å². The number of aryl methyl sites for hydroxylation is 1. The van der Waals surface area contributed by atoms with Gasteiger partial charge in [0.15, 0.2) is 6.29 Å². The molecule has 1 amide bonds. The molecule has 2 N–H and O–H groups in total. The number of amides is 1. The summed E-state index contributed by atoms with van der Waals surface area (Å²) >= 11 is 0. The molecule has 0 bridgehead atoms. The van der Waals surface area contributed by atoms with E-state index in [1.54, 1.807) is 12.4 Å². The fourth-order valence-corrected chi connectivity index (χ4v) is 4.18. The highest BCUT2D eigenvalue weighted by Crippen LogP contribution is 2.24. The summed E-state index contributed by atoms with van der Waals surface area (Å²) in [6.07, 6.45) is 3.07. The van der Waals surface area contributed by atoms with Gasteiger partial charge in [-0.3, -0.25) is 19.7 Å². The highest BCUT2D eigenvalue weighted by molar-refractivity contribution is 6.38. The molecule has 0 spiro atoms. The van der Waals surface area contributed by atoms with Gasteiger partial charge in [-0.25, -0.2) is 0 Å². The number of benzene rings is 1. The Balaban J connectivity index is 1.35. The quantitative estimate of drug-likeness (QED) is 0.372. The summed E-state index contributed by atoms with van der Waals surface area (Å²) in [7, 11) is 0. The van der Waals surface area contributed by atoms with E-state index in [-0.39, 0.29) is 17.6 Å². The molecule has 0 aliphatic carbocycles. The Morgan fingerprint density at radius 3 is 2.69 bits per heavy atom. The van der Waals surface area contributed by atoms with Gasteiger partial charge in [-0.15, -0.1) is 0 Å². The van der Waals surface area contributed by atoms with E-state index >= 15 is 0 Å². The molecule has 2 aliphatic rings. The number of hydrazone groups is 1. The molecular weight excluding hydrogens is 444 g/mol. The van der Waals surface area contributed by atoms with Crippen LogP contribution in [0.3, 0.4) is 0 Å². The minimum absolute atomic E-state index is 0.0239. The van der Waals surface area contributed by atoms with Gasteiger partial charge in [0.05, 0.1) is 32.0 Å². The molecule has 35 heavy (non-hydrogen) atoms. The standard InChI is InChI=1S/C26H34N6O3/c1-19-12-21(32-11-10-31(16-24(32)33)15-20-6-4-5-9-29-20)7-8-22(19)23(30-27)13-28-14-25-34-17-26(2,3)18-35-25/h4-9,12-13,25H,10-11,14-18,27H2,1-3H3/b28-13?,30-23+. The molecule has 2 fully saturated rings. The molecule has 1 aromatic carbocycles. The molecule has 1 aromatic heterocycles. The Kier molecular flexibility index (Phi) is 7.90. The smallest absolute Gasteiger partial charge is 0.241 e. The van der Waals surface area contributed by atoms with Crippen molar-refractivity contribution < 1.29 is 14.3 Å². The third-order valence-electron chi connectivity index (χ3n) is 6.14. The number of piperazine rings is 1. The van der Waals surface area contributed by atoms with E-state index < -0.39 is 0 Å². The van der Waals surface area contributed by atoms with Crippen LogP contribution in [0.25, 0.3) is 0 Å². The van der Waals surface area contributed by atoms with Gasteiger partial charge in [-0.2, -0.15) is 5.10 Å². The van der Waals surface area contributed by atoms with Crippen LogP contribution < -0.4 is 10.7 Å². The average Bonchev–Trinajstić information content (AvgIpc) is 2.84. The number of anilines is 1. The Morgan fingerprint density at radius 2 is 2.03 bits per heavy atom. The number of carbonyl (C=O) groups excluding carboxylic acids is 1. The van der Waals surface area contributed by atoms with Crippen molar-refractivity contribution in [3.05, 3.63) is 59.4 Å². The number of pyridine rings is 1. The lowest BCUT2D eigenvalue weighted by Crippen LogP contribution is -2.50. The van der Waals surface area contributed by atoms with E-state index in [4.69, 9.17) is 15.3 Å². The summed E-state index contributed by atoms with van der Waals surface area (Å²) < 4.78 is 11.4. The maximum atomic E-state index is 12.9. The minimum Gasteiger partial charge on any atom is -0.350 e. The lowest BCUT2D eigenvalue weighted by atomic mass is 9.96. The average molecular weight is 479 g/mol. The predicted octanol–water partition coefficient (Wildman–Crippen LogP) is 2.37. The van der Waals surface area contributed by atoms with Crippen molar-refractivity contribution in [3.63, 3.8) is 0 Å². The predicted molar refractivity (Wildman–Crippen MR) is 137 cm³/mol. The topological polar surface area (TPSA) is 106 Å². The summed E-state index contributed by atoms with van der Waals surface area (Å²) in [5.41, 5.74) is 4.26. The second kappa shape index (κ2) is 11.1. The molecule has 186 valence electrons. The zero-order valence-corrected chi connectivity index (χ0v) is 20.7. The highest BCUT2D eigenvalue weighted by Gasteiger charge is 2.28. The SMILES string of the molecule is Cc1cc(N2CCN(Cc3ccccn3)CC2=O)ccc1/C(C=NCC1OCC(C)(C)CO1)=N/N. The zero-order chi connectivity index (χ0) is 24.8. The summed E-state index contributed by atoms with van der Waals surface area (Å²) in [5.74, 6) is 5.74. The van der Waals surface area contributed by atoms with Crippen LogP contribution in [0.5, 0.6) is 0 Å². The van der Waals surface area contributed by atoms with Crippen LogP contribution in [0.4, 0.5) is 5.69 Å². The summed E-state index contributed by atoms with van der Waals surface area (Å²) in [6.45, 7) is 10.3. The first-order valence-corrected chi connectivity index (χ1v) is 11.9. The fourth-order valence-electron chi connectivity index (χ4n) is 4.18. The second-order valence-corrected chi connectivity index (χ2v) is 9.80. The molecule has 2 aliphatic heterocycles. The summed E-state index contributed by atoms with van der Waals surface area (Å²) in [6, 6.07) is 11.7. The van der Waals surface area contributed by atoms with Gasteiger partial charge in [0, 0.05) is 48.7 Å². The van der Waals surface area contributed by atoms with Gasteiger partial charge in [-0.1, -0.05) is 26.0 Å². The third-order valence-corrected chi connectivity index (χ3v) is 6.14. The van der Waals surface area contributed by atoms with Crippen molar-refractivity contribution in [3.8, 4) is 0 Å². The lowest BCUT2D eigenvalue weighted by Gasteiger charge is -2.34. The molecule has 2 saturated heterocycles. The van der Waals surface area contributed by atoms with Gasteiger partial charge in [-0.05, 0) is 36.8 Å². The van der Waals surface area contributed by atoms with Gasteiger partial charge in [0.25, 0.3) is 0 Å². The largest absolute Gasteiger partial charge is 0.350 e. The van der Waals surface area contributed by atoms with Crippen molar-refractivity contribution in [1.82, 2.24) is 9.88 Å². The normalized spacial score (nSPS) is 20.0. The van der Waals surface area contributed by atoms with E-state index in [1.165, 1.54) is 0 Å². The van der Waals surface area contributed by atoms with Crippen molar-refractivity contribution in [2.45, 2.75) is 33.6 Å². The zero-order valence-electron chi connectivity index (χ0n) is 20.7. The van der Waals surface area contributed by atoms with Crippen molar-refractivity contribution >= 4 is 23.5 Å². The van der Waals surface area contributed by atoms with Crippen molar-refractivity contribution in [2.75, 3.05) is 44.3 Å². The van der Waals surface area contributed by atoms with E-state index in [1.807, 2.05) is 48.2 Å². The molecule has 4 rings (SSSR count). The minimum atomic E-state index is -0.357. The summed E-state index contributed by atoms with van der Waals surface area (Å²) in [5, 5.41) is 3.92. The molecule has 0 unspecified atom stereocenters. The molecule has 0 saturated carbocycles. The molecule has 0 atom stereocenters. The van der Waals surface area contributed by atoms with Crippen LogP contribution in [0.2, 0.25) is 0 Å². The van der Waals surface area contributed by atoms with Crippen LogP contribution in [0.1, 0.15) is 30.7 Å². The Bertz CT molecular complexity index is 1080. The Morgan fingerprint density at radius 1 is 1.23 bits per heavy atom. The maximum Gasteiger partial charge on any atom is 0.241 e. The number of nitrogens with two attached hydrogens (primary N) is 1. The molecule has 2 aromatic rings. The number of hydrogen-bond acceptors (Lipinski definition) is 8. The van der Waals surface area contributed by atoms with Crippen LogP contribution in [-0.2, 0) is 20.8 Å². The van der Waals surface area contributed by atoms with Crippen molar-refractivity contribution in [1.29, 1.82) is 0 Å². The Hall–Kier alpha value is -3.14. The van der Waals surface area contributed by atoms with Gasteiger partial charge >= 0.3 is 0 Å². The van der Waals surface area contributed by atoms with E-state index in [2.05, 4.69) is 33.8 Å². The number of aliphatic imine (C=N–C) groups is 1. The second-order valence-electron chi connectivity index (χ2n) is 9.80.